The molecule has 3 rings (SSSR count). The summed E-state index contributed by atoms with van der Waals surface area (Å²) in [5.41, 5.74) is 0.943. The van der Waals surface area contributed by atoms with Crippen LogP contribution in [0.15, 0.2) is 18.2 Å². The second-order valence-corrected chi connectivity index (χ2v) is 5.49. The summed E-state index contributed by atoms with van der Waals surface area (Å²) in [5.74, 6) is 0.580. The molecule has 0 radical (unpaired) electrons. The van der Waals surface area contributed by atoms with Crippen LogP contribution in [0.1, 0.15) is 25.3 Å². The molecule has 2 atom stereocenters. The smallest absolute Gasteiger partial charge is 0.381 e. The van der Waals surface area contributed by atoms with Crippen LogP contribution in [0, 0.1) is 5.92 Å². The second-order valence-electron chi connectivity index (χ2n) is 5.49. The fourth-order valence-electron chi connectivity index (χ4n) is 3.18. The van der Waals surface area contributed by atoms with Gasteiger partial charge in [-0.25, -0.2) is 0 Å². The van der Waals surface area contributed by atoms with Gasteiger partial charge < -0.3 is 10.2 Å². The van der Waals surface area contributed by atoms with E-state index in [1.54, 1.807) is 6.07 Å². The molecule has 1 saturated heterocycles. The molecular formula is C14H17F3N2. The molecule has 19 heavy (non-hydrogen) atoms. The van der Waals surface area contributed by atoms with Crippen LogP contribution in [0.5, 0.6) is 0 Å². The number of hydrogen-bond donors (Lipinski definition) is 1. The van der Waals surface area contributed by atoms with E-state index < -0.39 is 11.7 Å². The first-order valence-electron chi connectivity index (χ1n) is 6.68. The first-order chi connectivity index (χ1) is 8.97. The minimum Gasteiger partial charge on any atom is -0.381 e. The first kappa shape index (κ1) is 12.6. The van der Waals surface area contributed by atoms with E-state index in [2.05, 4.69) is 17.1 Å². The third-order valence-electron chi connectivity index (χ3n) is 4.25. The summed E-state index contributed by atoms with van der Waals surface area (Å²) in [6, 6.07) is 4.42. The van der Waals surface area contributed by atoms with E-state index in [1.807, 2.05) is 0 Å². The van der Waals surface area contributed by atoms with Crippen LogP contribution < -0.4 is 10.2 Å². The molecule has 1 aromatic rings. The van der Waals surface area contributed by atoms with E-state index in [1.165, 1.54) is 18.6 Å². The van der Waals surface area contributed by atoms with Crippen LogP contribution in [0.3, 0.4) is 0 Å². The monoisotopic (exact) mass is 270 g/mol. The molecule has 5 heteroatoms. The fraction of sp³-hybridized carbons (Fsp3) is 0.571. The molecule has 0 aliphatic carbocycles. The summed E-state index contributed by atoms with van der Waals surface area (Å²) in [5, 5.41) is 3.16. The molecule has 0 bridgehead atoms. The van der Waals surface area contributed by atoms with Crippen molar-refractivity contribution in [2.75, 3.05) is 23.3 Å². The Morgan fingerprint density at radius 1 is 1.32 bits per heavy atom. The van der Waals surface area contributed by atoms with Crippen LogP contribution in [0.4, 0.5) is 24.5 Å². The lowest BCUT2D eigenvalue weighted by Crippen LogP contribution is -2.51. The number of fused-ring (bicyclic) bond motifs is 3. The molecule has 0 spiro atoms. The molecular weight excluding hydrogens is 253 g/mol. The van der Waals surface area contributed by atoms with E-state index in [4.69, 9.17) is 0 Å². The second kappa shape index (κ2) is 4.32. The van der Waals surface area contributed by atoms with Crippen molar-refractivity contribution < 1.29 is 13.2 Å². The highest BCUT2D eigenvalue weighted by Crippen LogP contribution is 2.40. The van der Waals surface area contributed by atoms with Crippen LogP contribution in [0.2, 0.25) is 0 Å². The molecule has 1 N–H and O–H groups in total. The maximum absolute atomic E-state index is 12.7. The van der Waals surface area contributed by atoms with Gasteiger partial charge in [0.25, 0.3) is 0 Å². The molecule has 104 valence electrons. The van der Waals surface area contributed by atoms with Crippen molar-refractivity contribution in [2.45, 2.75) is 32.0 Å². The highest BCUT2D eigenvalue weighted by atomic mass is 19.4. The van der Waals surface area contributed by atoms with Crippen molar-refractivity contribution in [3.63, 3.8) is 0 Å². The Hall–Kier alpha value is -1.39. The Morgan fingerprint density at radius 3 is 2.84 bits per heavy atom. The first-order valence-corrected chi connectivity index (χ1v) is 6.68. The average Bonchev–Trinajstić information content (AvgIpc) is 2.37. The van der Waals surface area contributed by atoms with E-state index in [9.17, 15) is 13.2 Å². The van der Waals surface area contributed by atoms with Crippen LogP contribution >= 0.6 is 0 Å². The van der Waals surface area contributed by atoms with Crippen molar-refractivity contribution in [2.24, 2.45) is 5.92 Å². The van der Waals surface area contributed by atoms with Gasteiger partial charge in [-0.05, 0) is 37.0 Å². The lowest BCUT2D eigenvalue weighted by molar-refractivity contribution is -0.137. The number of hydrogen-bond acceptors (Lipinski definition) is 2. The Labute approximate surface area is 110 Å². The van der Waals surface area contributed by atoms with Gasteiger partial charge in [-0.2, -0.15) is 13.2 Å². The van der Waals surface area contributed by atoms with Gasteiger partial charge in [0.05, 0.1) is 16.9 Å². The molecule has 2 aliphatic rings. The Bertz CT molecular complexity index is 484. The third-order valence-corrected chi connectivity index (χ3v) is 4.25. The standard InChI is InChI=1S/C14H17F3N2/c1-9-3-2-6-19-12-5-4-10(14(15,16)17)7-11(12)18-8-13(9)19/h4-5,7,9,13,18H,2-3,6,8H2,1H3. The van der Waals surface area contributed by atoms with Gasteiger partial charge in [-0.15, -0.1) is 0 Å². The van der Waals surface area contributed by atoms with Gasteiger partial charge in [-0.1, -0.05) is 6.92 Å². The summed E-state index contributed by atoms with van der Waals surface area (Å²) in [7, 11) is 0. The molecule has 1 fully saturated rings. The molecule has 0 aromatic heterocycles. The van der Waals surface area contributed by atoms with Crippen molar-refractivity contribution in [1.29, 1.82) is 0 Å². The summed E-state index contributed by atoms with van der Waals surface area (Å²) >= 11 is 0. The van der Waals surface area contributed by atoms with E-state index in [0.29, 0.717) is 17.6 Å². The molecule has 2 unspecified atom stereocenters. The highest BCUT2D eigenvalue weighted by Gasteiger charge is 2.35. The minimum absolute atomic E-state index is 0.401. The lowest BCUT2D eigenvalue weighted by Gasteiger charge is -2.46. The quantitative estimate of drug-likeness (QED) is 0.772. The molecule has 2 heterocycles. The average molecular weight is 270 g/mol. The normalized spacial score (nSPS) is 26.4. The molecule has 0 amide bonds. The van der Waals surface area contributed by atoms with Crippen LogP contribution in [-0.4, -0.2) is 19.1 Å². The van der Waals surface area contributed by atoms with Crippen molar-refractivity contribution in [3.05, 3.63) is 23.8 Å². The van der Waals surface area contributed by atoms with Crippen LogP contribution in [-0.2, 0) is 6.18 Å². The number of nitrogens with zero attached hydrogens (tertiary/aromatic N) is 1. The molecule has 2 nitrogen and oxygen atoms in total. The van der Waals surface area contributed by atoms with Gasteiger partial charge in [-0.3, -0.25) is 0 Å². The van der Waals surface area contributed by atoms with Crippen LogP contribution in [0.25, 0.3) is 0 Å². The van der Waals surface area contributed by atoms with E-state index >= 15 is 0 Å². The zero-order valence-corrected chi connectivity index (χ0v) is 10.8. The van der Waals surface area contributed by atoms with Crippen molar-refractivity contribution in [3.8, 4) is 0 Å². The minimum atomic E-state index is -4.28. The summed E-state index contributed by atoms with van der Waals surface area (Å²) in [6.45, 7) is 3.89. The molecule has 1 aromatic carbocycles. The third kappa shape index (κ3) is 2.15. The largest absolute Gasteiger partial charge is 0.416 e. The van der Waals surface area contributed by atoms with Gasteiger partial charge >= 0.3 is 6.18 Å². The Balaban J connectivity index is 1.96. The maximum Gasteiger partial charge on any atom is 0.416 e. The molecule has 0 saturated carbocycles. The van der Waals surface area contributed by atoms with Gasteiger partial charge in [0, 0.05) is 19.1 Å². The van der Waals surface area contributed by atoms with Crippen molar-refractivity contribution >= 4 is 11.4 Å². The van der Waals surface area contributed by atoms with Gasteiger partial charge in [0.2, 0.25) is 0 Å². The van der Waals surface area contributed by atoms with E-state index in [-0.39, 0.29) is 0 Å². The predicted octanol–water partition coefficient (Wildman–Crippen LogP) is 3.74. The fourth-order valence-corrected chi connectivity index (χ4v) is 3.18. The summed E-state index contributed by atoms with van der Waals surface area (Å²) < 4.78 is 38.1. The summed E-state index contributed by atoms with van der Waals surface area (Å²) in [6.07, 6.45) is -1.97. The number of alkyl halides is 3. The topological polar surface area (TPSA) is 15.3 Å². The zero-order chi connectivity index (χ0) is 13.6. The van der Waals surface area contributed by atoms with Crippen molar-refractivity contribution in [1.82, 2.24) is 0 Å². The molecule has 2 aliphatic heterocycles. The number of rotatable bonds is 0. The number of nitrogens with one attached hydrogen (secondary N) is 1. The van der Waals surface area contributed by atoms with Gasteiger partial charge in [0.15, 0.2) is 0 Å². The Morgan fingerprint density at radius 2 is 2.11 bits per heavy atom. The van der Waals surface area contributed by atoms with Gasteiger partial charge in [0.1, 0.15) is 0 Å². The number of anilines is 2. The number of benzene rings is 1. The SMILES string of the molecule is CC1CCCN2c3ccc(C(F)(F)F)cc3NCC12. The maximum atomic E-state index is 12.7. The highest BCUT2D eigenvalue weighted by molar-refractivity contribution is 5.74. The number of piperidine rings is 1. The number of halogens is 3. The summed E-state index contributed by atoms with van der Waals surface area (Å²) in [4.78, 5) is 2.26. The lowest BCUT2D eigenvalue weighted by atomic mass is 9.88. The predicted molar refractivity (Wildman–Crippen MR) is 69.5 cm³/mol. The zero-order valence-electron chi connectivity index (χ0n) is 10.8. The Kier molecular flexibility index (Phi) is 2.87. The van der Waals surface area contributed by atoms with E-state index in [0.717, 1.165) is 25.2 Å².